The number of nitrogens with two attached hydrogens (primary N) is 1. The maximum absolute atomic E-state index is 12.2. The van der Waals surface area contributed by atoms with Crippen LogP contribution in [0, 0.1) is 5.92 Å². The van der Waals surface area contributed by atoms with Gasteiger partial charge in [-0.3, -0.25) is 10.1 Å². The van der Waals surface area contributed by atoms with Crippen LogP contribution in [0.2, 0.25) is 0 Å². The van der Waals surface area contributed by atoms with E-state index in [9.17, 15) is 14.4 Å². The number of hydrogen-bond donors (Lipinski definition) is 2. The topological polar surface area (TPSA) is 121 Å². The summed E-state index contributed by atoms with van der Waals surface area (Å²) in [6, 6.07) is 11.1. The van der Waals surface area contributed by atoms with Gasteiger partial charge in [0.1, 0.15) is 18.1 Å². The van der Waals surface area contributed by atoms with E-state index in [0.717, 1.165) is 0 Å². The van der Waals surface area contributed by atoms with E-state index < -0.39 is 24.0 Å². The second kappa shape index (κ2) is 8.70. The molecule has 3 N–H and O–H groups in total. The highest BCUT2D eigenvalue weighted by molar-refractivity contribution is 5.97. The molecule has 1 heterocycles. The number of imide groups is 1. The monoisotopic (exact) mass is 360 g/mol. The molecule has 1 aromatic carbocycles. The van der Waals surface area contributed by atoms with Gasteiger partial charge in [-0.05, 0) is 30.2 Å². The summed E-state index contributed by atoms with van der Waals surface area (Å²) in [6.45, 7) is 3.46. The Labute approximate surface area is 150 Å². The van der Waals surface area contributed by atoms with E-state index >= 15 is 0 Å². The molecule has 0 aliphatic carbocycles. The largest absolute Gasteiger partial charge is 0.486 e. The molecule has 0 saturated carbocycles. The van der Waals surface area contributed by atoms with Gasteiger partial charge >= 0.3 is 12.0 Å². The quantitative estimate of drug-likeness (QED) is 0.731. The summed E-state index contributed by atoms with van der Waals surface area (Å²) in [6.07, 6.45) is -1.18. The minimum atomic E-state index is -1.18. The van der Waals surface area contributed by atoms with Crippen molar-refractivity contribution in [3.8, 4) is 5.75 Å². The maximum Gasteiger partial charge on any atom is 0.375 e. The molecule has 2 aromatic rings. The zero-order valence-corrected chi connectivity index (χ0v) is 14.4. The molecule has 0 spiro atoms. The summed E-state index contributed by atoms with van der Waals surface area (Å²) in [5.74, 6) is -0.975. The number of urea groups is 1. The van der Waals surface area contributed by atoms with E-state index in [0.29, 0.717) is 11.5 Å². The van der Waals surface area contributed by atoms with Crippen LogP contribution in [0.1, 0.15) is 30.2 Å². The molecule has 0 fully saturated rings. The first kappa shape index (κ1) is 19.0. The minimum Gasteiger partial charge on any atom is -0.486 e. The number of furan rings is 1. The van der Waals surface area contributed by atoms with Gasteiger partial charge in [0.2, 0.25) is 5.76 Å². The SMILES string of the molecule is CC(C)[C@@H](OC(=O)c1ccc(COc2ccccc2)o1)C(=O)NC(N)=O. The minimum absolute atomic E-state index is 0.0748. The van der Waals surface area contributed by atoms with Gasteiger partial charge in [-0.15, -0.1) is 0 Å². The zero-order chi connectivity index (χ0) is 19.1. The molecule has 8 nitrogen and oxygen atoms in total. The standard InChI is InChI=1S/C18H20N2O6/c1-11(2)15(16(21)20-18(19)23)26-17(22)14-9-8-13(25-14)10-24-12-6-4-3-5-7-12/h3-9,11,15H,10H2,1-2H3,(H3,19,20,21,23)/t15-/m1/s1. The lowest BCUT2D eigenvalue weighted by molar-refractivity contribution is -0.131. The van der Waals surface area contributed by atoms with Crippen molar-refractivity contribution < 1.29 is 28.3 Å². The molecule has 0 saturated heterocycles. The van der Waals surface area contributed by atoms with Crippen molar-refractivity contribution in [2.45, 2.75) is 26.6 Å². The summed E-state index contributed by atoms with van der Waals surface area (Å²) in [5.41, 5.74) is 4.91. The van der Waals surface area contributed by atoms with Crippen molar-refractivity contribution in [2.24, 2.45) is 11.7 Å². The molecule has 1 aromatic heterocycles. The van der Waals surface area contributed by atoms with Crippen LogP contribution in [-0.2, 0) is 16.1 Å². The number of para-hydroxylation sites is 1. The van der Waals surface area contributed by atoms with E-state index in [1.807, 2.05) is 23.5 Å². The Kier molecular flexibility index (Phi) is 6.37. The fourth-order valence-corrected chi connectivity index (χ4v) is 2.09. The summed E-state index contributed by atoms with van der Waals surface area (Å²) in [5, 5.41) is 1.90. The van der Waals surface area contributed by atoms with Crippen LogP contribution in [-0.4, -0.2) is 24.0 Å². The van der Waals surface area contributed by atoms with Crippen LogP contribution in [0.4, 0.5) is 4.79 Å². The van der Waals surface area contributed by atoms with Gasteiger partial charge in [0, 0.05) is 0 Å². The average molecular weight is 360 g/mol. The van der Waals surface area contributed by atoms with Crippen LogP contribution < -0.4 is 15.8 Å². The predicted molar refractivity (Wildman–Crippen MR) is 91.2 cm³/mol. The Morgan fingerprint density at radius 1 is 1.12 bits per heavy atom. The van der Waals surface area contributed by atoms with Gasteiger partial charge in [0.15, 0.2) is 6.10 Å². The van der Waals surface area contributed by atoms with Crippen LogP contribution in [0.5, 0.6) is 5.75 Å². The molecule has 0 aliphatic rings. The first-order chi connectivity index (χ1) is 12.4. The Balaban J connectivity index is 1.97. The van der Waals surface area contributed by atoms with Crippen LogP contribution in [0.15, 0.2) is 46.9 Å². The van der Waals surface area contributed by atoms with Gasteiger partial charge in [-0.2, -0.15) is 0 Å². The molecule has 0 unspecified atom stereocenters. The Morgan fingerprint density at radius 3 is 2.42 bits per heavy atom. The van der Waals surface area contributed by atoms with E-state index in [4.69, 9.17) is 19.6 Å². The van der Waals surface area contributed by atoms with Crippen LogP contribution in [0.25, 0.3) is 0 Å². The lowest BCUT2D eigenvalue weighted by atomic mass is 10.1. The number of rotatable bonds is 7. The third kappa shape index (κ3) is 5.37. The smallest absolute Gasteiger partial charge is 0.375 e. The number of carbonyl (C=O) groups excluding carboxylic acids is 3. The van der Waals surface area contributed by atoms with E-state index in [2.05, 4.69) is 0 Å². The van der Waals surface area contributed by atoms with Crippen molar-refractivity contribution in [3.63, 3.8) is 0 Å². The zero-order valence-electron chi connectivity index (χ0n) is 14.4. The molecule has 0 bridgehead atoms. The summed E-state index contributed by atoms with van der Waals surface area (Å²) in [4.78, 5) is 34.9. The highest BCUT2D eigenvalue weighted by Gasteiger charge is 2.29. The lowest BCUT2D eigenvalue weighted by Gasteiger charge is -2.19. The molecular formula is C18H20N2O6. The second-order valence-corrected chi connectivity index (χ2v) is 5.79. The van der Waals surface area contributed by atoms with E-state index in [1.54, 1.807) is 32.0 Å². The van der Waals surface area contributed by atoms with Crippen molar-refractivity contribution >= 4 is 17.9 Å². The highest BCUT2D eigenvalue weighted by atomic mass is 16.6. The Hall–Kier alpha value is -3.29. The van der Waals surface area contributed by atoms with Gasteiger partial charge in [0.25, 0.3) is 5.91 Å². The fourth-order valence-electron chi connectivity index (χ4n) is 2.09. The first-order valence-corrected chi connectivity index (χ1v) is 7.94. The first-order valence-electron chi connectivity index (χ1n) is 7.94. The Bertz CT molecular complexity index is 769. The van der Waals surface area contributed by atoms with Gasteiger partial charge in [-0.1, -0.05) is 32.0 Å². The molecule has 138 valence electrons. The third-order valence-corrected chi connectivity index (χ3v) is 3.33. The number of hydrogen-bond acceptors (Lipinski definition) is 6. The summed E-state index contributed by atoms with van der Waals surface area (Å²) < 4.78 is 16.1. The number of esters is 1. The van der Waals surface area contributed by atoms with Crippen molar-refractivity contribution in [1.29, 1.82) is 0 Å². The van der Waals surface area contributed by atoms with E-state index in [-0.39, 0.29) is 18.3 Å². The molecule has 3 amide bonds. The van der Waals surface area contributed by atoms with Crippen molar-refractivity contribution in [3.05, 3.63) is 54.0 Å². The molecule has 26 heavy (non-hydrogen) atoms. The average Bonchev–Trinajstić information content (AvgIpc) is 3.06. The highest BCUT2D eigenvalue weighted by Crippen LogP contribution is 2.16. The third-order valence-electron chi connectivity index (χ3n) is 3.33. The summed E-state index contributed by atoms with van der Waals surface area (Å²) in [7, 11) is 0. The number of nitrogens with one attached hydrogen (secondary N) is 1. The normalized spacial score (nSPS) is 11.7. The molecule has 0 aliphatic heterocycles. The maximum atomic E-state index is 12.2. The van der Waals surface area contributed by atoms with Crippen molar-refractivity contribution in [2.75, 3.05) is 0 Å². The molecule has 1 atom stereocenters. The van der Waals surface area contributed by atoms with Crippen molar-refractivity contribution in [1.82, 2.24) is 5.32 Å². The number of primary amides is 1. The molecular weight excluding hydrogens is 340 g/mol. The van der Waals surface area contributed by atoms with Gasteiger partial charge < -0.3 is 19.6 Å². The fraction of sp³-hybridized carbons (Fsp3) is 0.278. The second-order valence-electron chi connectivity index (χ2n) is 5.79. The van der Waals surface area contributed by atoms with Crippen LogP contribution in [0.3, 0.4) is 0 Å². The molecule has 0 radical (unpaired) electrons. The lowest BCUT2D eigenvalue weighted by Crippen LogP contribution is -2.45. The van der Waals surface area contributed by atoms with Gasteiger partial charge in [0.05, 0.1) is 0 Å². The summed E-state index contributed by atoms with van der Waals surface area (Å²) >= 11 is 0. The van der Waals surface area contributed by atoms with Crippen LogP contribution >= 0.6 is 0 Å². The predicted octanol–water partition coefficient (Wildman–Crippen LogP) is 2.23. The van der Waals surface area contributed by atoms with Gasteiger partial charge in [-0.25, -0.2) is 9.59 Å². The number of amides is 3. The number of benzene rings is 1. The van der Waals surface area contributed by atoms with E-state index in [1.165, 1.54) is 6.07 Å². The molecule has 2 rings (SSSR count). The Morgan fingerprint density at radius 2 is 1.81 bits per heavy atom. The number of carbonyl (C=O) groups is 3. The number of ether oxygens (including phenoxy) is 2. The molecule has 8 heteroatoms.